The van der Waals surface area contributed by atoms with Crippen LogP contribution in [0.4, 0.5) is 5.13 Å². The molecule has 0 radical (unpaired) electrons. The van der Waals surface area contributed by atoms with Gasteiger partial charge in [-0.2, -0.15) is 0 Å². The molecular formula is C12H17N7OS. The largest absolute Gasteiger partial charge is 0.347 e. The average Bonchev–Trinajstić information content (AvgIpc) is 3.15. The van der Waals surface area contributed by atoms with E-state index in [9.17, 15) is 4.79 Å². The van der Waals surface area contributed by atoms with Gasteiger partial charge in [-0.05, 0) is 19.3 Å². The van der Waals surface area contributed by atoms with E-state index in [0.29, 0.717) is 12.2 Å². The van der Waals surface area contributed by atoms with Gasteiger partial charge in [0.1, 0.15) is 5.01 Å². The summed E-state index contributed by atoms with van der Waals surface area (Å²) in [4.78, 5) is 14.1. The van der Waals surface area contributed by atoms with Crippen LogP contribution in [0.1, 0.15) is 34.8 Å². The highest BCUT2D eigenvalue weighted by Crippen LogP contribution is 2.23. The maximum absolute atomic E-state index is 11.9. The lowest BCUT2D eigenvalue weighted by molar-refractivity contribution is 0.0945. The van der Waals surface area contributed by atoms with Crippen LogP contribution in [-0.4, -0.2) is 44.2 Å². The van der Waals surface area contributed by atoms with Crippen LogP contribution in [0.5, 0.6) is 0 Å². The Labute approximate surface area is 126 Å². The Morgan fingerprint density at radius 1 is 1.29 bits per heavy atom. The zero-order valence-electron chi connectivity index (χ0n) is 11.8. The molecule has 2 aromatic rings. The Morgan fingerprint density at radius 2 is 2.10 bits per heavy atom. The summed E-state index contributed by atoms with van der Waals surface area (Å²) in [5.74, 6) is -0.252. The van der Waals surface area contributed by atoms with Gasteiger partial charge in [0, 0.05) is 20.1 Å². The lowest BCUT2D eigenvalue weighted by Gasteiger charge is -2.25. The lowest BCUT2D eigenvalue weighted by atomic mass is 10.1. The molecule has 1 amide bonds. The first-order chi connectivity index (χ1) is 10.2. The van der Waals surface area contributed by atoms with E-state index in [0.717, 1.165) is 23.2 Å². The number of anilines is 1. The summed E-state index contributed by atoms with van der Waals surface area (Å²) in [7, 11) is 1.72. The molecule has 3 heterocycles. The third-order valence-electron chi connectivity index (χ3n) is 3.32. The second kappa shape index (κ2) is 6.17. The minimum atomic E-state index is -0.252. The average molecular weight is 307 g/mol. The highest BCUT2D eigenvalue weighted by atomic mass is 32.1. The number of carbonyl (C=O) groups excluding carboxylic acids is 1. The van der Waals surface area contributed by atoms with Crippen molar-refractivity contribution in [1.29, 1.82) is 0 Å². The SMILES string of the molecule is Cn1cc(C(=O)NCc2nnc(N3CCCCC3)s2)nn1. The second-order valence-corrected chi connectivity index (χ2v) is 6.03. The zero-order chi connectivity index (χ0) is 14.7. The van der Waals surface area contributed by atoms with Crippen molar-refractivity contribution in [2.45, 2.75) is 25.8 Å². The van der Waals surface area contributed by atoms with Crippen molar-refractivity contribution >= 4 is 22.4 Å². The first-order valence-corrected chi connectivity index (χ1v) is 7.76. The van der Waals surface area contributed by atoms with Crippen LogP contribution in [0.25, 0.3) is 0 Å². The van der Waals surface area contributed by atoms with E-state index in [1.54, 1.807) is 13.2 Å². The molecule has 8 nitrogen and oxygen atoms in total. The molecule has 1 fully saturated rings. The van der Waals surface area contributed by atoms with E-state index in [4.69, 9.17) is 0 Å². The summed E-state index contributed by atoms with van der Waals surface area (Å²) >= 11 is 1.53. The van der Waals surface area contributed by atoms with Gasteiger partial charge in [-0.15, -0.1) is 15.3 Å². The second-order valence-electron chi connectivity index (χ2n) is 4.99. The van der Waals surface area contributed by atoms with Gasteiger partial charge in [-0.3, -0.25) is 9.48 Å². The molecule has 9 heteroatoms. The molecule has 1 saturated heterocycles. The van der Waals surface area contributed by atoms with Crippen LogP contribution in [0.15, 0.2) is 6.20 Å². The first-order valence-electron chi connectivity index (χ1n) is 6.94. The van der Waals surface area contributed by atoms with Crippen LogP contribution < -0.4 is 10.2 Å². The van der Waals surface area contributed by atoms with Crippen molar-refractivity contribution in [3.8, 4) is 0 Å². The quantitative estimate of drug-likeness (QED) is 0.889. The van der Waals surface area contributed by atoms with Crippen molar-refractivity contribution in [3.05, 3.63) is 16.9 Å². The molecule has 0 atom stereocenters. The molecule has 21 heavy (non-hydrogen) atoms. The molecule has 1 aliphatic rings. The Hall–Kier alpha value is -2.03. The van der Waals surface area contributed by atoms with Crippen molar-refractivity contribution in [2.24, 2.45) is 7.05 Å². The van der Waals surface area contributed by atoms with Crippen LogP contribution in [0, 0.1) is 0 Å². The van der Waals surface area contributed by atoms with Gasteiger partial charge in [0.2, 0.25) is 5.13 Å². The monoisotopic (exact) mass is 307 g/mol. The maximum Gasteiger partial charge on any atom is 0.273 e. The van der Waals surface area contributed by atoms with E-state index in [-0.39, 0.29) is 5.91 Å². The molecular weight excluding hydrogens is 290 g/mol. The maximum atomic E-state index is 11.9. The number of carbonyl (C=O) groups is 1. The molecule has 0 aliphatic carbocycles. The van der Waals surface area contributed by atoms with Crippen molar-refractivity contribution in [2.75, 3.05) is 18.0 Å². The molecule has 0 saturated carbocycles. The van der Waals surface area contributed by atoms with Crippen LogP contribution in [0.3, 0.4) is 0 Å². The summed E-state index contributed by atoms with van der Waals surface area (Å²) in [5.41, 5.74) is 0.304. The topological polar surface area (TPSA) is 88.8 Å². The van der Waals surface area contributed by atoms with Gasteiger partial charge in [-0.25, -0.2) is 0 Å². The fourth-order valence-electron chi connectivity index (χ4n) is 2.23. The number of nitrogens with zero attached hydrogens (tertiary/aromatic N) is 6. The number of hydrogen-bond acceptors (Lipinski definition) is 7. The van der Waals surface area contributed by atoms with Crippen molar-refractivity contribution in [3.63, 3.8) is 0 Å². The van der Waals surface area contributed by atoms with Crippen LogP contribution in [-0.2, 0) is 13.6 Å². The highest BCUT2D eigenvalue weighted by molar-refractivity contribution is 7.15. The Balaban J connectivity index is 1.56. The molecule has 112 valence electrons. The Morgan fingerprint density at radius 3 is 2.81 bits per heavy atom. The van der Waals surface area contributed by atoms with Gasteiger partial charge in [-0.1, -0.05) is 16.6 Å². The Bertz CT molecular complexity index is 617. The first kappa shape index (κ1) is 13.9. The van der Waals surface area contributed by atoms with Crippen LogP contribution in [0.2, 0.25) is 0 Å². The molecule has 1 aliphatic heterocycles. The number of aryl methyl sites for hydroxylation is 1. The predicted molar refractivity (Wildman–Crippen MR) is 78.1 cm³/mol. The number of aromatic nitrogens is 5. The van der Waals surface area contributed by atoms with Crippen molar-refractivity contribution < 1.29 is 4.79 Å². The predicted octanol–water partition coefficient (Wildman–Crippen LogP) is 0.587. The summed E-state index contributed by atoms with van der Waals surface area (Å²) in [5, 5.41) is 20.4. The fraction of sp³-hybridized carbons (Fsp3) is 0.583. The van der Waals surface area contributed by atoms with Gasteiger partial charge < -0.3 is 10.2 Å². The minimum Gasteiger partial charge on any atom is -0.347 e. The molecule has 0 spiro atoms. The summed E-state index contributed by atoms with van der Waals surface area (Å²) in [6, 6.07) is 0. The third-order valence-corrected chi connectivity index (χ3v) is 4.30. The summed E-state index contributed by atoms with van der Waals surface area (Å²) in [6.07, 6.45) is 5.28. The number of nitrogens with one attached hydrogen (secondary N) is 1. The standard InChI is InChI=1S/C12H17N7OS/c1-18-8-9(14-17-18)11(20)13-7-10-15-16-12(21-10)19-5-3-2-4-6-19/h8H,2-7H2,1H3,(H,13,20). The van der Waals surface area contributed by atoms with E-state index in [1.165, 1.54) is 35.3 Å². The fourth-order valence-corrected chi connectivity index (χ4v) is 3.06. The molecule has 0 aromatic carbocycles. The number of rotatable bonds is 4. The normalized spacial score (nSPS) is 15.2. The highest BCUT2D eigenvalue weighted by Gasteiger charge is 2.16. The Kier molecular flexibility index (Phi) is 4.09. The van der Waals surface area contributed by atoms with Gasteiger partial charge in [0.05, 0.1) is 12.7 Å². The van der Waals surface area contributed by atoms with Crippen LogP contribution >= 0.6 is 11.3 Å². The minimum absolute atomic E-state index is 0.252. The van der Waals surface area contributed by atoms with Gasteiger partial charge >= 0.3 is 0 Å². The molecule has 0 unspecified atom stereocenters. The molecule has 2 aromatic heterocycles. The molecule has 3 rings (SSSR count). The van der Waals surface area contributed by atoms with E-state index >= 15 is 0 Å². The zero-order valence-corrected chi connectivity index (χ0v) is 12.6. The van der Waals surface area contributed by atoms with Gasteiger partial charge in [0.15, 0.2) is 5.69 Å². The van der Waals surface area contributed by atoms with E-state index in [2.05, 4.69) is 30.7 Å². The lowest BCUT2D eigenvalue weighted by Crippen LogP contribution is -2.29. The number of piperidine rings is 1. The molecule has 0 bridgehead atoms. The van der Waals surface area contributed by atoms with Crippen molar-refractivity contribution in [1.82, 2.24) is 30.5 Å². The molecule has 1 N–H and O–H groups in total. The third kappa shape index (κ3) is 3.35. The van der Waals surface area contributed by atoms with E-state index < -0.39 is 0 Å². The number of hydrogen-bond donors (Lipinski definition) is 1. The summed E-state index contributed by atoms with van der Waals surface area (Å²) in [6.45, 7) is 2.45. The van der Waals surface area contributed by atoms with Gasteiger partial charge in [0.25, 0.3) is 5.91 Å². The summed E-state index contributed by atoms with van der Waals surface area (Å²) < 4.78 is 1.49. The van der Waals surface area contributed by atoms with E-state index in [1.807, 2.05) is 0 Å². The number of amides is 1. The smallest absolute Gasteiger partial charge is 0.273 e.